The zero-order valence-electron chi connectivity index (χ0n) is 14.6. The van der Waals surface area contributed by atoms with Gasteiger partial charge in [0.05, 0.1) is 13.2 Å². The summed E-state index contributed by atoms with van der Waals surface area (Å²) in [5.74, 6) is 2.14. The first-order valence-corrected chi connectivity index (χ1v) is 8.81. The zero-order chi connectivity index (χ0) is 17.9. The molecule has 2 N–H and O–H groups in total. The van der Waals surface area contributed by atoms with E-state index in [0.717, 1.165) is 42.0 Å². The summed E-state index contributed by atoms with van der Waals surface area (Å²) in [6.07, 6.45) is 6.50. The number of aromatic nitrogens is 3. The molecule has 136 valence electrons. The molecule has 7 nitrogen and oxygen atoms in total. The minimum Gasteiger partial charge on any atom is -0.497 e. The van der Waals surface area contributed by atoms with Gasteiger partial charge in [0.15, 0.2) is 11.6 Å². The van der Waals surface area contributed by atoms with Gasteiger partial charge in [-0.2, -0.15) is 5.10 Å². The molecule has 0 aliphatic heterocycles. The van der Waals surface area contributed by atoms with E-state index in [2.05, 4.69) is 15.4 Å². The number of nitrogens with zero attached hydrogens (tertiary/aromatic N) is 3. The van der Waals surface area contributed by atoms with Crippen molar-refractivity contribution in [2.45, 2.75) is 37.9 Å². The van der Waals surface area contributed by atoms with E-state index in [1.54, 1.807) is 11.6 Å². The summed E-state index contributed by atoms with van der Waals surface area (Å²) in [5.41, 5.74) is 1.64. The third-order valence-electron chi connectivity index (χ3n) is 4.64. The van der Waals surface area contributed by atoms with E-state index < -0.39 is 0 Å². The lowest BCUT2D eigenvalue weighted by Crippen LogP contribution is -2.28. The monoisotopic (exact) mass is 354 g/mol. The molecule has 0 amide bonds. The van der Waals surface area contributed by atoms with Gasteiger partial charge in [-0.1, -0.05) is 6.07 Å². The summed E-state index contributed by atoms with van der Waals surface area (Å²) in [7, 11) is 1.64. The highest BCUT2D eigenvalue weighted by Gasteiger charge is 2.23. The highest BCUT2D eigenvalue weighted by atomic mass is 16.5. The van der Waals surface area contributed by atoms with Gasteiger partial charge >= 0.3 is 0 Å². The van der Waals surface area contributed by atoms with Crippen LogP contribution in [-0.4, -0.2) is 39.0 Å². The number of anilines is 2. The van der Waals surface area contributed by atoms with Crippen LogP contribution in [0, 0.1) is 0 Å². The normalized spacial score (nSPS) is 20.1. The average molecular weight is 354 g/mol. The summed E-state index contributed by atoms with van der Waals surface area (Å²) >= 11 is 0. The maximum absolute atomic E-state index is 9.89. The molecule has 1 fully saturated rings. The Labute approximate surface area is 151 Å². The molecule has 26 heavy (non-hydrogen) atoms. The molecule has 1 aliphatic carbocycles. The van der Waals surface area contributed by atoms with E-state index in [0.29, 0.717) is 12.2 Å². The Kier molecular flexibility index (Phi) is 4.62. The van der Waals surface area contributed by atoms with E-state index in [1.807, 2.05) is 36.5 Å². The quantitative estimate of drug-likeness (QED) is 0.732. The minimum absolute atomic E-state index is 0.00910. The summed E-state index contributed by atoms with van der Waals surface area (Å²) in [6, 6.07) is 9.54. The number of nitrogens with one attached hydrogen (secondary N) is 1. The van der Waals surface area contributed by atoms with Gasteiger partial charge < -0.3 is 19.9 Å². The van der Waals surface area contributed by atoms with E-state index >= 15 is 0 Å². The molecule has 2 atom stereocenters. The Hall–Kier alpha value is -2.80. The van der Waals surface area contributed by atoms with E-state index in [1.165, 1.54) is 6.33 Å². The molecule has 0 spiro atoms. The molecule has 4 rings (SSSR count). The van der Waals surface area contributed by atoms with Crippen LogP contribution in [0.3, 0.4) is 0 Å². The van der Waals surface area contributed by atoms with Crippen molar-refractivity contribution in [1.82, 2.24) is 14.6 Å². The van der Waals surface area contributed by atoms with Gasteiger partial charge in [0.2, 0.25) is 0 Å². The van der Waals surface area contributed by atoms with Gasteiger partial charge in [0, 0.05) is 30.4 Å². The second-order valence-electron chi connectivity index (χ2n) is 6.50. The Morgan fingerprint density at radius 1 is 1.27 bits per heavy atom. The minimum atomic E-state index is -0.284. The Bertz CT molecular complexity index is 895. The van der Waals surface area contributed by atoms with Crippen molar-refractivity contribution in [2.24, 2.45) is 0 Å². The van der Waals surface area contributed by atoms with E-state index in [9.17, 15) is 5.11 Å². The number of hydrogen-bond acceptors (Lipinski definition) is 6. The maximum Gasteiger partial charge on any atom is 0.162 e. The second kappa shape index (κ2) is 7.21. The molecule has 0 bridgehead atoms. The van der Waals surface area contributed by atoms with Crippen molar-refractivity contribution in [2.75, 3.05) is 12.4 Å². The van der Waals surface area contributed by atoms with E-state index in [4.69, 9.17) is 9.47 Å². The lowest BCUT2D eigenvalue weighted by atomic mass is 9.95. The maximum atomic E-state index is 9.89. The fourth-order valence-corrected chi connectivity index (χ4v) is 3.36. The topological polar surface area (TPSA) is 80.9 Å². The standard InChI is InChI=1S/C19H22N4O3/c1-25-15-6-2-4-13(10-15)22-19-18-17(8-9-23(18)21-12-20-19)26-16-7-3-5-14(24)11-16/h2,4,6,8-10,12,14,16,24H,3,5,7,11H2,1H3,(H,20,21,22)/t14-,16?/m0/s1. The molecule has 2 heterocycles. The average Bonchev–Trinajstić information content (AvgIpc) is 3.06. The van der Waals surface area contributed by atoms with Gasteiger partial charge in [-0.3, -0.25) is 0 Å². The summed E-state index contributed by atoms with van der Waals surface area (Å²) in [6.45, 7) is 0. The molecule has 1 saturated carbocycles. The van der Waals surface area contributed by atoms with Crippen LogP contribution in [-0.2, 0) is 0 Å². The van der Waals surface area contributed by atoms with Crippen LogP contribution in [0.2, 0.25) is 0 Å². The van der Waals surface area contributed by atoms with Gasteiger partial charge in [-0.05, 0) is 31.4 Å². The smallest absolute Gasteiger partial charge is 0.162 e. The number of benzene rings is 1. The molecule has 0 saturated heterocycles. The van der Waals surface area contributed by atoms with Crippen molar-refractivity contribution in [3.8, 4) is 11.5 Å². The number of aliphatic hydroxyl groups excluding tert-OH is 1. The number of fused-ring (bicyclic) bond motifs is 1. The molecule has 3 aromatic rings. The van der Waals surface area contributed by atoms with Crippen LogP contribution >= 0.6 is 0 Å². The lowest BCUT2D eigenvalue weighted by Gasteiger charge is -2.26. The first-order valence-electron chi connectivity index (χ1n) is 8.81. The first-order chi connectivity index (χ1) is 12.7. The highest BCUT2D eigenvalue weighted by molar-refractivity contribution is 5.79. The van der Waals surface area contributed by atoms with Crippen molar-refractivity contribution in [3.63, 3.8) is 0 Å². The summed E-state index contributed by atoms with van der Waals surface area (Å²) in [4.78, 5) is 4.39. The van der Waals surface area contributed by atoms with Crippen molar-refractivity contribution in [1.29, 1.82) is 0 Å². The van der Waals surface area contributed by atoms with Gasteiger partial charge in [0.25, 0.3) is 0 Å². The number of aliphatic hydroxyl groups is 1. The summed E-state index contributed by atoms with van der Waals surface area (Å²) in [5, 5.41) is 17.5. The fourth-order valence-electron chi connectivity index (χ4n) is 3.36. The van der Waals surface area contributed by atoms with Gasteiger partial charge in [-0.25, -0.2) is 9.50 Å². The number of methoxy groups -OCH3 is 1. The third kappa shape index (κ3) is 3.43. The first kappa shape index (κ1) is 16.7. The predicted molar refractivity (Wildman–Crippen MR) is 98.2 cm³/mol. The zero-order valence-corrected chi connectivity index (χ0v) is 14.6. The SMILES string of the molecule is COc1cccc(Nc2ncnn3ccc(OC4CCC[C@H](O)C4)c23)c1. The fraction of sp³-hybridized carbons (Fsp3) is 0.368. The lowest BCUT2D eigenvalue weighted by molar-refractivity contribution is 0.0544. The molecular weight excluding hydrogens is 332 g/mol. The number of hydrogen-bond donors (Lipinski definition) is 2. The van der Waals surface area contributed by atoms with Crippen molar-refractivity contribution >= 4 is 17.0 Å². The van der Waals surface area contributed by atoms with Crippen molar-refractivity contribution in [3.05, 3.63) is 42.9 Å². The van der Waals surface area contributed by atoms with Crippen LogP contribution in [0.4, 0.5) is 11.5 Å². The van der Waals surface area contributed by atoms with Crippen LogP contribution < -0.4 is 14.8 Å². The molecular formula is C19H22N4O3. The summed E-state index contributed by atoms with van der Waals surface area (Å²) < 4.78 is 13.2. The van der Waals surface area contributed by atoms with Crippen LogP contribution in [0.5, 0.6) is 11.5 Å². The Morgan fingerprint density at radius 2 is 2.19 bits per heavy atom. The van der Waals surface area contributed by atoms with Gasteiger partial charge in [0.1, 0.15) is 23.7 Å². The third-order valence-corrected chi connectivity index (χ3v) is 4.64. The van der Waals surface area contributed by atoms with Crippen LogP contribution in [0.1, 0.15) is 25.7 Å². The molecule has 1 aliphatic rings. The molecule has 1 aromatic carbocycles. The Morgan fingerprint density at radius 3 is 3.04 bits per heavy atom. The van der Waals surface area contributed by atoms with Crippen LogP contribution in [0.15, 0.2) is 42.9 Å². The highest BCUT2D eigenvalue weighted by Crippen LogP contribution is 2.32. The molecule has 2 aromatic heterocycles. The predicted octanol–water partition coefficient (Wildman–Crippen LogP) is 3.16. The van der Waals surface area contributed by atoms with Crippen LogP contribution in [0.25, 0.3) is 5.52 Å². The molecule has 7 heteroatoms. The Balaban J connectivity index is 1.63. The van der Waals surface area contributed by atoms with Crippen molar-refractivity contribution < 1.29 is 14.6 Å². The largest absolute Gasteiger partial charge is 0.497 e. The number of rotatable bonds is 5. The second-order valence-corrected chi connectivity index (χ2v) is 6.50. The number of ether oxygens (including phenoxy) is 2. The molecule has 1 unspecified atom stereocenters. The van der Waals surface area contributed by atoms with E-state index in [-0.39, 0.29) is 12.2 Å². The van der Waals surface area contributed by atoms with Gasteiger partial charge in [-0.15, -0.1) is 0 Å². The molecule has 0 radical (unpaired) electrons.